The van der Waals surface area contributed by atoms with E-state index in [1.54, 1.807) is 57.3 Å². The average Bonchev–Trinajstić information content (AvgIpc) is 3.30. The molecule has 4 amide bonds. The fourth-order valence-electron chi connectivity index (χ4n) is 3.80. The van der Waals surface area contributed by atoms with Crippen LogP contribution < -0.4 is 11.1 Å². The van der Waals surface area contributed by atoms with Gasteiger partial charge in [0.2, 0.25) is 0 Å². The molecule has 1 saturated heterocycles. The molecule has 0 aliphatic carbocycles. The molecule has 2 heterocycles. The Kier molecular flexibility index (Phi) is 9.03. The van der Waals surface area contributed by atoms with E-state index in [-0.39, 0.29) is 13.1 Å². The minimum absolute atomic E-state index is 0.0846. The van der Waals surface area contributed by atoms with E-state index in [2.05, 4.69) is 10.3 Å². The fourth-order valence-corrected chi connectivity index (χ4v) is 4.12. The van der Waals surface area contributed by atoms with Crippen LogP contribution in [0.2, 0.25) is 10.0 Å². The number of pyridine rings is 1. The lowest BCUT2D eigenvalue weighted by Gasteiger charge is -2.31. The van der Waals surface area contributed by atoms with E-state index >= 15 is 0 Å². The number of likely N-dealkylation sites (tertiary alicyclic amines) is 1. The number of hydrogen-bond acceptors (Lipinski definition) is 6. The van der Waals surface area contributed by atoms with Crippen molar-refractivity contribution in [3.63, 3.8) is 0 Å². The maximum Gasteiger partial charge on any atom is 0.410 e. The predicted octanol–water partition coefficient (Wildman–Crippen LogP) is 4.65. The van der Waals surface area contributed by atoms with Crippen LogP contribution in [0.25, 0.3) is 0 Å². The first kappa shape index (κ1) is 27.5. The molecule has 0 saturated carbocycles. The summed E-state index contributed by atoms with van der Waals surface area (Å²) in [6.45, 7) is 5.91. The van der Waals surface area contributed by atoms with E-state index in [0.717, 1.165) is 16.0 Å². The number of nitrogen functional groups attached to an aromatic ring is 1. The number of nitrogens with zero attached hydrogens (tertiary/aromatic N) is 3. The Morgan fingerprint density at radius 1 is 1.17 bits per heavy atom. The molecule has 1 aromatic carbocycles. The Bertz CT molecular complexity index is 1100. The van der Waals surface area contributed by atoms with Gasteiger partial charge >= 0.3 is 12.1 Å². The second-order valence-corrected chi connectivity index (χ2v) is 10.4. The molecule has 1 aliphatic heterocycles. The van der Waals surface area contributed by atoms with Crippen molar-refractivity contribution < 1.29 is 19.1 Å². The number of benzene rings is 1. The Morgan fingerprint density at radius 3 is 2.53 bits per heavy atom. The molecule has 1 aliphatic rings. The third-order valence-electron chi connectivity index (χ3n) is 5.58. The van der Waals surface area contributed by atoms with E-state index in [1.165, 1.54) is 4.90 Å². The van der Waals surface area contributed by atoms with Gasteiger partial charge in [-0.05, 0) is 69.4 Å². The first-order chi connectivity index (χ1) is 16.9. The quantitative estimate of drug-likeness (QED) is 0.555. The molecule has 1 fully saturated rings. The van der Waals surface area contributed by atoms with Crippen LogP contribution in [0.5, 0.6) is 0 Å². The highest BCUT2D eigenvalue weighted by atomic mass is 35.5. The molecule has 0 spiro atoms. The van der Waals surface area contributed by atoms with Crippen LogP contribution in [0.1, 0.15) is 44.7 Å². The molecule has 1 aromatic heterocycles. The zero-order valence-corrected chi connectivity index (χ0v) is 22.1. The third-order valence-corrected chi connectivity index (χ3v) is 6.32. The van der Waals surface area contributed by atoms with Gasteiger partial charge in [-0.25, -0.2) is 14.6 Å². The van der Waals surface area contributed by atoms with Crippen LogP contribution in [-0.4, -0.2) is 57.5 Å². The molecule has 0 bridgehead atoms. The van der Waals surface area contributed by atoms with Crippen LogP contribution >= 0.6 is 23.2 Å². The van der Waals surface area contributed by atoms with Crippen LogP contribution in [0.4, 0.5) is 15.4 Å². The number of aromatic nitrogens is 1. The van der Waals surface area contributed by atoms with E-state index in [9.17, 15) is 14.4 Å². The standard InChI is InChI=1S/C25H31Cl2N5O4/c1-25(2,3)36-24(35)31-11-4-5-20(31)22(33)32(12-10-16-6-8-18(26)19(27)13-16)23(34)30-15-17-7-9-21(28)29-14-17/h6-9,13-14,20H,4-5,10-12,15H2,1-3H3,(H2,28,29)(H,30,34)/t20-/m1/s1. The number of anilines is 1. The summed E-state index contributed by atoms with van der Waals surface area (Å²) in [5.41, 5.74) is 6.46. The maximum atomic E-state index is 13.6. The molecular weight excluding hydrogens is 505 g/mol. The molecule has 1 atom stereocenters. The van der Waals surface area contributed by atoms with Crippen molar-refractivity contribution in [3.05, 3.63) is 57.7 Å². The molecule has 194 valence electrons. The highest BCUT2D eigenvalue weighted by Gasteiger charge is 2.40. The lowest BCUT2D eigenvalue weighted by Crippen LogP contribution is -2.53. The van der Waals surface area contributed by atoms with Crippen molar-refractivity contribution in [2.75, 3.05) is 18.8 Å². The third kappa shape index (κ3) is 7.48. The number of ether oxygens (including phenoxy) is 1. The van der Waals surface area contributed by atoms with Crippen molar-refractivity contribution in [2.45, 2.75) is 58.2 Å². The molecule has 3 rings (SSSR count). The van der Waals surface area contributed by atoms with Gasteiger partial charge in [-0.1, -0.05) is 35.3 Å². The topological polar surface area (TPSA) is 118 Å². The average molecular weight is 536 g/mol. The van der Waals surface area contributed by atoms with Crippen LogP contribution in [0, 0.1) is 0 Å². The second-order valence-electron chi connectivity index (χ2n) is 9.57. The molecule has 36 heavy (non-hydrogen) atoms. The first-order valence-corrected chi connectivity index (χ1v) is 12.4. The second kappa shape index (κ2) is 11.8. The summed E-state index contributed by atoms with van der Waals surface area (Å²) in [5, 5.41) is 3.57. The molecule has 0 unspecified atom stereocenters. The van der Waals surface area contributed by atoms with Crippen molar-refractivity contribution in [1.82, 2.24) is 20.1 Å². The number of urea groups is 1. The fraction of sp³-hybridized carbons (Fsp3) is 0.440. The van der Waals surface area contributed by atoms with Gasteiger partial charge in [0.25, 0.3) is 5.91 Å². The predicted molar refractivity (Wildman–Crippen MR) is 139 cm³/mol. The number of halogens is 2. The Balaban J connectivity index is 1.77. The summed E-state index contributed by atoms with van der Waals surface area (Å²) < 4.78 is 5.48. The van der Waals surface area contributed by atoms with Gasteiger partial charge in [-0.2, -0.15) is 0 Å². The highest BCUT2D eigenvalue weighted by molar-refractivity contribution is 6.42. The van der Waals surface area contributed by atoms with Gasteiger partial charge in [0.15, 0.2) is 0 Å². The molecular formula is C25H31Cl2N5O4. The minimum atomic E-state index is -0.794. The van der Waals surface area contributed by atoms with E-state index < -0.39 is 29.7 Å². The molecule has 3 N–H and O–H groups in total. The van der Waals surface area contributed by atoms with Gasteiger partial charge in [-0.15, -0.1) is 0 Å². The lowest BCUT2D eigenvalue weighted by atomic mass is 10.1. The first-order valence-electron chi connectivity index (χ1n) is 11.7. The summed E-state index contributed by atoms with van der Waals surface area (Å²) in [6.07, 6.45) is 2.42. The number of imide groups is 1. The van der Waals surface area contributed by atoms with Crippen molar-refractivity contribution >= 4 is 47.1 Å². The number of carbonyl (C=O) groups excluding carboxylic acids is 3. The largest absolute Gasteiger partial charge is 0.444 e. The van der Waals surface area contributed by atoms with Crippen LogP contribution in [0.3, 0.4) is 0 Å². The minimum Gasteiger partial charge on any atom is -0.444 e. The monoisotopic (exact) mass is 535 g/mol. The van der Waals surface area contributed by atoms with Gasteiger partial charge in [0.1, 0.15) is 17.5 Å². The van der Waals surface area contributed by atoms with Crippen molar-refractivity contribution in [1.29, 1.82) is 0 Å². The lowest BCUT2D eigenvalue weighted by molar-refractivity contribution is -0.132. The summed E-state index contributed by atoms with van der Waals surface area (Å²) in [5.74, 6) is -0.0988. The van der Waals surface area contributed by atoms with E-state index in [1.807, 2.05) is 0 Å². The summed E-state index contributed by atoms with van der Waals surface area (Å²) in [4.78, 5) is 46.1. The van der Waals surface area contributed by atoms with Crippen molar-refractivity contribution in [2.24, 2.45) is 0 Å². The number of amides is 4. The van der Waals surface area contributed by atoms with Gasteiger partial charge < -0.3 is 15.8 Å². The molecule has 9 nitrogen and oxygen atoms in total. The smallest absolute Gasteiger partial charge is 0.410 e. The number of nitrogens with two attached hydrogens (primary N) is 1. The Labute approximate surface area is 220 Å². The normalized spacial score (nSPS) is 15.5. The van der Waals surface area contributed by atoms with Gasteiger partial charge in [-0.3, -0.25) is 14.6 Å². The number of carbonyl (C=O) groups is 3. The van der Waals surface area contributed by atoms with Crippen LogP contribution in [0.15, 0.2) is 36.5 Å². The van der Waals surface area contributed by atoms with Crippen LogP contribution in [-0.2, 0) is 22.5 Å². The summed E-state index contributed by atoms with van der Waals surface area (Å²) in [7, 11) is 0. The SMILES string of the molecule is CC(C)(C)OC(=O)N1CCC[C@@H]1C(=O)N(CCc1ccc(Cl)c(Cl)c1)C(=O)NCc1ccc(N)nc1. The molecule has 11 heteroatoms. The highest BCUT2D eigenvalue weighted by Crippen LogP contribution is 2.25. The summed E-state index contributed by atoms with van der Waals surface area (Å²) >= 11 is 12.1. The number of hydrogen-bond donors (Lipinski definition) is 2. The Morgan fingerprint density at radius 2 is 1.89 bits per heavy atom. The van der Waals surface area contributed by atoms with Gasteiger partial charge in [0.05, 0.1) is 10.0 Å². The molecule has 0 radical (unpaired) electrons. The zero-order chi connectivity index (χ0) is 26.5. The van der Waals surface area contributed by atoms with E-state index in [4.69, 9.17) is 33.7 Å². The van der Waals surface area contributed by atoms with E-state index in [0.29, 0.717) is 41.7 Å². The Hall–Kier alpha value is -3.04. The number of rotatable bonds is 6. The summed E-state index contributed by atoms with van der Waals surface area (Å²) in [6, 6.07) is 7.16. The number of nitrogens with one attached hydrogen (secondary N) is 1. The molecule has 2 aromatic rings. The zero-order valence-electron chi connectivity index (χ0n) is 20.6. The maximum absolute atomic E-state index is 13.6. The van der Waals surface area contributed by atoms with Gasteiger partial charge in [0, 0.05) is 25.8 Å². The van der Waals surface area contributed by atoms with Crippen molar-refractivity contribution in [3.8, 4) is 0 Å².